The van der Waals surface area contributed by atoms with Gasteiger partial charge in [0.05, 0.1) is 12.2 Å². The highest BCUT2D eigenvalue weighted by atomic mass is 16.6. The van der Waals surface area contributed by atoms with Crippen LogP contribution in [0.5, 0.6) is 0 Å². The van der Waals surface area contributed by atoms with Crippen molar-refractivity contribution in [2.24, 2.45) is 52.3 Å². The van der Waals surface area contributed by atoms with Gasteiger partial charge in [-0.05, 0) is 91.3 Å². The van der Waals surface area contributed by atoms with Crippen LogP contribution in [0.25, 0.3) is 0 Å². The Morgan fingerprint density at radius 3 is 2.53 bits per heavy atom. The Hall–Kier alpha value is -0.370. The second-order valence-electron chi connectivity index (χ2n) is 12.8. The Balaban J connectivity index is 1.32. The maximum Gasteiger partial charge on any atom is 0.136 e. The first-order valence-electron chi connectivity index (χ1n) is 13.5. The van der Waals surface area contributed by atoms with Crippen molar-refractivity contribution >= 4 is 5.78 Å². The Morgan fingerprint density at radius 1 is 1.00 bits per heavy atom. The van der Waals surface area contributed by atoms with Crippen molar-refractivity contribution in [2.75, 3.05) is 0 Å². The van der Waals surface area contributed by atoms with Crippen molar-refractivity contribution in [1.29, 1.82) is 0 Å². The van der Waals surface area contributed by atoms with Crippen LogP contribution in [0.3, 0.4) is 0 Å². The number of carbonyl (C=O) groups excluding carboxylic acids is 1. The molecular formula is C28H46O2. The zero-order valence-corrected chi connectivity index (χ0v) is 20.3. The minimum atomic E-state index is 0.310. The van der Waals surface area contributed by atoms with Gasteiger partial charge in [-0.3, -0.25) is 4.79 Å². The largest absolute Gasteiger partial charge is 0.369 e. The van der Waals surface area contributed by atoms with Gasteiger partial charge in [-0.1, -0.05) is 53.9 Å². The van der Waals surface area contributed by atoms with E-state index in [0.29, 0.717) is 46.6 Å². The molecule has 1 heterocycles. The van der Waals surface area contributed by atoms with Crippen LogP contribution in [-0.4, -0.2) is 18.0 Å². The van der Waals surface area contributed by atoms with Crippen molar-refractivity contribution in [1.82, 2.24) is 0 Å². The van der Waals surface area contributed by atoms with E-state index in [-0.39, 0.29) is 0 Å². The Morgan fingerprint density at radius 2 is 1.77 bits per heavy atom. The van der Waals surface area contributed by atoms with Gasteiger partial charge in [0, 0.05) is 12.3 Å². The van der Waals surface area contributed by atoms with Crippen molar-refractivity contribution in [3.05, 3.63) is 0 Å². The third-order valence-electron chi connectivity index (χ3n) is 11.5. The van der Waals surface area contributed by atoms with Crippen molar-refractivity contribution in [3.8, 4) is 0 Å². The van der Waals surface area contributed by atoms with Gasteiger partial charge in [0.25, 0.3) is 0 Å². The minimum absolute atomic E-state index is 0.310. The molecular weight excluding hydrogens is 368 g/mol. The Bertz CT molecular complexity index is 672. The third kappa shape index (κ3) is 3.17. The van der Waals surface area contributed by atoms with Gasteiger partial charge < -0.3 is 4.74 Å². The highest BCUT2D eigenvalue weighted by Crippen LogP contribution is 2.68. The van der Waals surface area contributed by atoms with E-state index in [2.05, 4.69) is 34.6 Å². The van der Waals surface area contributed by atoms with Gasteiger partial charge in [0.1, 0.15) is 5.78 Å². The van der Waals surface area contributed by atoms with Crippen LogP contribution in [0.4, 0.5) is 0 Å². The van der Waals surface area contributed by atoms with E-state index in [1.54, 1.807) is 0 Å². The predicted molar refractivity (Wildman–Crippen MR) is 122 cm³/mol. The van der Waals surface area contributed by atoms with E-state index in [4.69, 9.17) is 4.74 Å². The molecule has 170 valence electrons. The zero-order valence-electron chi connectivity index (χ0n) is 20.3. The summed E-state index contributed by atoms with van der Waals surface area (Å²) in [5.41, 5.74) is 0.746. The summed E-state index contributed by atoms with van der Waals surface area (Å²) < 4.78 is 6.24. The number of hydrogen-bond donors (Lipinski definition) is 0. The van der Waals surface area contributed by atoms with Gasteiger partial charge in [0.2, 0.25) is 0 Å². The summed E-state index contributed by atoms with van der Waals surface area (Å²) in [6.07, 6.45) is 15.1. The number of fused-ring (bicyclic) bond motifs is 5. The fourth-order valence-corrected chi connectivity index (χ4v) is 9.60. The molecule has 2 nitrogen and oxygen atoms in total. The van der Waals surface area contributed by atoms with Gasteiger partial charge in [-0.2, -0.15) is 0 Å². The van der Waals surface area contributed by atoms with Crippen LogP contribution in [0.15, 0.2) is 0 Å². The molecule has 0 bridgehead atoms. The van der Waals surface area contributed by atoms with Gasteiger partial charge >= 0.3 is 0 Å². The smallest absolute Gasteiger partial charge is 0.136 e. The van der Waals surface area contributed by atoms with Gasteiger partial charge in [-0.15, -0.1) is 0 Å². The van der Waals surface area contributed by atoms with Crippen molar-refractivity contribution < 1.29 is 9.53 Å². The Kier molecular flexibility index (Phi) is 5.44. The molecule has 5 fully saturated rings. The molecule has 11 atom stereocenters. The lowest BCUT2D eigenvalue weighted by Crippen LogP contribution is -2.56. The molecule has 1 aliphatic heterocycles. The third-order valence-corrected chi connectivity index (χ3v) is 11.5. The molecule has 0 aromatic rings. The number of ketones is 1. The van der Waals surface area contributed by atoms with Crippen LogP contribution in [-0.2, 0) is 9.53 Å². The van der Waals surface area contributed by atoms with E-state index in [1.807, 2.05) is 0 Å². The van der Waals surface area contributed by atoms with Gasteiger partial charge in [-0.25, -0.2) is 0 Å². The lowest BCUT2D eigenvalue weighted by Gasteiger charge is -2.60. The van der Waals surface area contributed by atoms with E-state index in [9.17, 15) is 4.79 Å². The van der Waals surface area contributed by atoms with Crippen LogP contribution in [0, 0.1) is 52.3 Å². The van der Waals surface area contributed by atoms with Crippen molar-refractivity contribution in [3.63, 3.8) is 0 Å². The molecule has 1 saturated heterocycles. The minimum Gasteiger partial charge on any atom is -0.369 e. The SMILES string of the molecule is CCC(C)CC1OC1[C@@H](C)[C@H]1CC[C@H]2[C@@H]3CC(=O)[C@H]4CCCC[C@]4(C)[C@H]3CC[C@]12C. The van der Waals surface area contributed by atoms with E-state index in [0.717, 1.165) is 30.1 Å². The van der Waals surface area contributed by atoms with Crippen molar-refractivity contribution in [2.45, 2.75) is 117 Å². The van der Waals surface area contributed by atoms with E-state index in [1.165, 1.54) is 64.2 Å². The number of epoxide rings is 1. The zero-order chi connectivity index (χ0) is 21.3. The molecule has 30 heavy (non-hydrogen) atoms. The quantitative estimate of drug-likeness (QED) is 0.451. The maximum atomic E-state index is 13.3. The molecule has 3 unspecified atom stereocenters. The summed E-state index contributed by atoms with van der Waals surface area (Å²) in [4.78, 5) is 13.3. The number of hydrogen-bond acceptors (Lipinski definition) is 2. The molecule has 0 spiro atoms. The first kappa shape index (κ1) is 21.5. The monoisotopic (exact) mass is 414 g/mol. The molecule has 5 rings (SSSR count). The topological polar surface area (TPSA) is 29.6 Å². The van der Waals surface area contributed by atoms with Crippen LogP contribution in [0.2, 0.25) is 0 Å². The number of rotatable bonds is 5. The summed E-state index contributed by atoms with van der Waals surface area (Å²) in [6.45, 7) is 12.3. The fraction of sp³-hybridized carbons (Fsp3) is 0.964. The molecule has 4 aliphatic carbocycles. The standard InChI is InChI=1S/C28H46O2/c1-6-17(2)15-25-26(30-25)18(3)20-10-11-21-19-16-24(29)23-9-7-8-13-27(23,4)22(19)12-14-28(20,21)5/h17-23,25-26H,6-16H2,1-5H3/t17?,18-,19-,20+,21-,22-,23+,25?,26?,27+,28+/m0/s1. The first-order valence-corrected chi connectivity index (χ1v) is 13.5. The predicted octanol–water partition coefficient (Wildman–Crippen LogP) is 7.05. The fourth-order valence-electron chi connectivity index (χ4n) is 9.60. The highest BCUT2D eigenvalue weighted by molar-refractivity contribution is 5.83. The number of Topliss-reactive ketones (excluding diaryl/α,β-unsaturated/α-hetero) is 1. The second-order valence-corrected chi connectivity index (χ2v) is 12.8. The molecule has 0 aromatic heterocycles. The van der Waals surface area contributed by atoms with Crippen LogP contribution in [0.1, 0.15) is 105 Å². The van der Waals surface area contributed by atoms with E-state index >= 15 is 0 Å². The normalized spacial score (nSPS) is 52.2. The second kappa shape index (κ2) is 7.60. The molecule has 0 radical (unpaired) electrons. The molecule has 0 amide bonds. The molecule has 0 N–H and O–H groups in total. The molecule has 2 heteroatoms. The molecule has 0 aromatic carbocycles. The number of ether oxygens (including phenoxy) is 1. The maximum absolute atomic E-state index is 13.3. The summed E-state index contributed by atoms with van der Waals surface area (Å²) in [6, 6.07) is 0. The van der Waals surface area contributed by atoms with E-state index < -0.39 is 0 Å². The Labute approximate surface area is 185 Å². The summed E-state index contributed by atoms with van der Waals surface area (Å²) in [7, 11) is 0. The van der Waals surface area contributed by atoms with Gasteiger partial charge in [0.15, 0.2) is 0 Å². The average Bonchev–Trinajstić information content (AvgIpc) is 3.38. The summed E-state index contributed by atoms with van der Waals surface area (Å²) in [5.74, 6) is 5.54. The highest BCUT2D eigenvalue weighted by Gasteiger charge is 2.63. The summed E-state index contributed by atoms with van der Waals surface area (Å²) >= 11 is 0. The first-order chi connectivity index (χ1) is 14.3. The molecule has 4 saturated carbocycles. The molecule has 5 aliphatic rings. The van der Waals surface area contributed by atoms with Crippen LogP contribution >= 0.6 is 0 Å². The summed E-state index contributed by atoms with van der Waals surface area (Å²) in [5, 5.41) is 0. The number of carbonyl (C=O) groups is 1. The lowest BCUT2D eigenvalue weighted by molar-refractivity contribution is -0.154. The van der Waals surface area contributed by atoms with Crippen LogP contribution < -0.4 is 0 Å². The lowest BCUT2D eigenvalue weighted by atomic mass is 9.44. The average molecular weight is 415 g/mol.